The molecule has 28 heavy (non-hydrogen) atoms. The maximum absolute atomic E-state index is 12.4. The summed E-state index contributed by atoms with van der Waals surface area (Å²) < 4.78 is 11.8. The number of fused-ring (bicyclic) bond motifs is 3. The first kappa shape index (κ1) is 19.3. The van der Waals surface area contributed by atoms with Crippen molar-refractivity contribution in [3.63, 3.8) is 0 Å². The van der Waals surface area contributed by atoms with Gasteiger partial charge in [-0.3, -0.25) is 4.79 Å². The number of hydrogen-bond acceptors (Lipinski definition) is 3. The Morgan fingerprint density at radius 1 is 1.14 bits per heavy atom. The smallest absolute Gasteiger partial charge is 0.258 e. The van der Waals surface area contributed by atoms with E-state index in [-0.39, 0.29) is 18.1 Å². The van der Waals surface area contributed by atoms with Crippen LogP contribution >= 0.6 is 0 Å². The number of carbonyl (C=O) groups is 1. The van der Waals surface area contributed by atoms with Gasteiger partial charge < -0.3 is 19.4 Å². The van der Waals surface area contributed by atoms with Crippen LogP contribution in [0.15, 0.2) is 22.6 Å². The number of quaternary nitrogens is 1. The van der Waals surface area contributed by atoms with Gasteiger partial charge in [0.25, 0.3) is 5.91 Å². The Morgan fingerprint density at radius 3 is 2.71 bits per heavy atom. The van der Waals surface area contributed by atoms with Crippen LogP contribution in [0.1, 0.15) is 56.3 Å². The van der Waals surface area contributed by atoms with Gasteiger partial charge in [-0.05, 0) is 50.3 Å². The van der Waals surface area contributed by atoms with E-state index in [0.717, 1.165) is 41.9 Å². The Kier molecular flexibility index (Phi) is 5.63. The molecule has 152 valence electrons. The van der Waals surface area contributed by atoms with Crippen LogP contribution in [0.5, 0.6) is 5.75 Å². The number of ether oxygens (including phenoxy) is 1. The first-order chi connectivity index (χ1) is 13.6. The topological polar surface area (TPSA) is 55.9 Å². The molecule has 1 fully saturated rings. The third kappa shape index (κ3) is 3.90. The van der Waals surface area contributed by atoms with Gasteiger partial charge in [0.05, 0.1) is 20.6 Å². The van der Waals surface area contributed by atoms with Crippen LogP contribution < -0.4 is 15.0 Å². The number of carbonyl (C=O) groups excluding carboxylic acids is 1. The van der Waals surface area contributed by atoms with Crippen molar-refractivity contribution >= 4 is 16.9 Å². The summed E-state index contributed by atoms with van der Waals surface area (Å²) in [7, 11) is 4.41. The van der Waals surface area contributed by atoms with Gasteiger partial charge in [0, 0.05) is 30.2 Å². The van der Waals surface area contributed by atoms with Gasteiger partial charge in [0.1, 0.15) is 22.6 Å². The van der Waals surface area contributed by atoms with Crippen molar-refractivity contribution in [3.05, 3.63) is 29.5 Å². The van der Waals surface area contributed by atoms with E-state index < -0.39 is 0 Å². The van der Waals surface area contributed by atoms with Crippen LogP contribution in [0, 0.1) is 0 Å². The van der Waals surface area contributed by atoms with Crippen LogP contribution in [-0.4, -0.2) is 38.7 Å². The predicted molar refractivity (Wildman–Crippen MR) is 110 cm³/mol. The molecule has 1 aromatic carbocycles. The zero-order valence-corrected chi connectivity index (χ0v) is 17.2. The molecule has 0 radical (unpaired) electrons. The molecule has 0 bridgehead atoms. The second-order valence-electron chi connectivity index (χ2n) is 8.78. The van der Waals surface area contributed by atoms with Gasteiger partial charge in [-0.1, -0.05) is 6.42 Å². The molecular formula is C23H33N2O3+. The maximum atomic E-state index is 12.4. The molecule has 4 rings (SSSR count). The van der Waals surface area contributed by atoms with Crippen LogP contribution in [0.2, 0.25) is 0 Å². The molecule has 0 spiro atoms. The largest absolute Gasteiger partial charge is 0.484 e. The number of furan rings is 1. The number of aryl methyl sites for hydroxylation is 2. The molecule has 1 saturated carbocycles. The van der Waals surface area contributed by atoms with Crippen LogP contribution in [0.25, 0.3) is 11.0 Å². The summed E-state index contributed by atoms with van der Waals surface area (Å²) in [6.45, 7) is 0.788. The molecule has 5 nitrogen and oxygen atoms in total. The predicted octanol–water partition coefficient (Wildman–Crippen LogP) is 2.65. The third-order valence-corrected chi connectivity index (χ3v) is 6.79. The van der Waals surface area contributed by atoms with E-state index >= 15 is 0 Å². The van der Waals surface area contributed by atoms with Gasteiger partial charge >= 0.3 is 0 Å². The minimum atomic E-state index is -0.0412. The molecule has 1 amide bonds. The van der Waals surface area contributed by atoms with Crippen LogP contribution in [-0.2, 0) is 17.6 Å². The Bertz CT molecular complexity index is 834. The zero-order valence-electron chi connectivity index (χ0n) is 17.2. The number of rotatable bonds is 6. The highest BCUT2D eigenvalue weighted by Crippen LogP contribution is 2.34. The average molecular weight is 386 g/mol. The fourth-order valence-electron chi connectivity index (χ4n) is 4.88. The van der Waals surface area contributed by atoms with Crippen LogP contribution in [0.3, 0.4) is 0 Å². The Morgan fingerprint density at radius 2 is 1.93 bits per heavy atom. The quantitative estimate of drug-likeness (QED) is 0.804. The van der Waals surface area contributed by atoms with Crippen molar-refractivity contribution in [2.45, 2.75) is 63.3 Å². The summed E-state index contributed by atoms with van der Waals surface area (Å²) in [6.07, 6.45) is 10.7. The SMILES string of the molecule is C[NH+](C)C1(CNC(=O)COc2ccc3oc4c(c3c2)CCCC4)CCCCC1. The van der Waals surface area contributed by atoms with Gasteiger partial charge in [0.15, 0.2) is 6.61 Å². The van der Waals surface area contributed by atoms with Gasteiger partial charge in [-0.15, -0.1) is 0 Å². The van der Waals surface area contributed by atoms with Crippen molar-refractivity contribution in [3.8, 4) is 5.75 Å². The second kappa shape index (κ2) is 8.16. The molecule has 2 aromatic rings. The molecule has 0 atom stereocenters. The fourth-order valence-corrected chi connectivity index (χ4v) is 4.88. The van der Waals surface area contributed by atoms with E-state index in [4.69, 9.17) is 9.15 Å². The van der Waals surface area contributed by atoms with Gasteiger partial charge in [-0.25, -0.2) is 0 Å². The summed E-state index contributed by atoms with van der Waals surface area (Å²) in [5.74, 6) is 1.82. The normalized spacial score (nSPS) is 18.8. The van der Waals surface area contributed by atoms with E-state index in [9.17, 15) is 4.79 Å². The highest BCUT2D eigenvalue weighted by molar-refractivity contribution is 5.84. The van der Waals surface area contributed by atoms with Crippen molar-refractivity contribution in [1.82, 2.24) is 5.32 Å². The molecule has 1 heterocycles. The lowest BCUT2D eigenvalue weighted by atomic mass is 9.80. The Labute approximate surface area is 167 Å². The van der Waals surface area contributed by atoms with Crippen molar-refractivity contribution in [2.24, 2.45) is 0 Å². The lowest BCUT2D eigenvalue weighted by molar-refractivity contribution is -0.916. The fraction of sp³-hybridized carbons (Fsp3) is 0.609. The summed E-state index contributed by atoms with van der Waals surface area (Å²) >= 11 is 0. The lowest BCUT2D eigenvalue weighted by Crippen LogP contribution is -3.16. The molecule has 0 saturated heterocycles. The molecular weight excluding hydrogens is 352 g/mol. The van der Waals surface area contributed by atoms with E-state index in [1.54, 1.807) is 0 Å². The molecule has 0 unspecified atom stereocenters. The molecule has 1 aromatic heterocycles. The van der Waals surface area contributed by atoms with Gasteiger partial charge in [0.2, 0.25) is 0 Å². The highest BCUT2D eigenvalue weighted by atomic mass is 16.5. The lowest BCUT2D eigenvalue weighted by Gasteiger charge is -2.39. The summed E-state index contributed by atoms with van der Waals surface area (Å²) in [5, 5.41) is 4.27. The van der Waals surface area contributed by atoms with Crippen LogP contribution in [0.4, 0.5) is 0 Å². The van der Waals surface area contributed by atoms with E-state index in [1.807, 2.05) is 18.2 Å². The van der Waals surface area contributed by atoms with Gasteiger partial charge in [-0.2, -0.15) is 0 Å². The maximum Gasteiger partial charge on any atom is 0.258 e. The number of benzene rings is 1. The zero-order chi connectivity index (χ0) is 19.6. The standard InChI is InChI=1S/C23H32N2O3/c1-25(2)23(12-6-3-7-13-23)16-24-22(26)15-27-17-10-11-21-19(14-17)18-8-4-5-9-20(18)28-21/h10-11,14H,3-9,12-13,15-16H2,1-2H3,(H,24,26)/p+1. The number of amides is 1. The first-order valence-electron chi connectivity index (χ1n) is 10.8. The first-order valence-corrected chi connectivity index (χ1v) is 10.8. The summed E-state index contributed by atoms with van der Waals surface area (Å²) in [6, 6.07) is 5.90. The molecule has 2 N–H and O–H groups in total. The summed E-state index contributed by atoms with van der Waals surface area (Å²) in [5.41, 5.74) is 2.42. The molecule has 5 heteroatoms. The third-order valence-electron chi connectivity index (χ3n) is 6.79. The second-order valence-corrected chi connectivity index (χ2v) is 8.78. The van der Waals surface area contributed by atoms with Crippen molar-refractivity contribution in [2.75, 3.05) is 27.2 Å². The number of hydrogen-bond donors (Lipinski definition) is 2. The van der Waals surface area contributed by atoms with Crippen molar-refractivity contribution in [1.29, 1.82) is 0 Å². The van der Waals surface area contributed by atoms with Crippen molar-refractivity contribution < 1.29 is 18.8 Å². The Hall–Kier alpha value is -2.01. The minimum absolute atomic E-state index is 0.0412. The number of nitrogens with one attached hydrogen (secondary N) is 2. The summed E-state index contributed by atoms with van der Waals surface area (Å²) in [4.78, 5) is 13.8. The highest BCUT2D eigenvalue weighted by Gasteiger charge is 2.38. The molecule has 2 aliphatic carbocycles. The van der Waals surface area contributed by atoms with E-state index in [2.05, 4.69) is 19.4 Å². The minimum Gasteiger partial charge on any atom is -0.484 e. The Balaban J connectivity index is 1.35. The van der Waals surface area contributed by atoms with E-state index in [0.29, 0.717) is 0 Å². The average Bonchev–Trinajstić information content (AvgIpc) is 3.09. The molecule has 2 aliphatic rings. The molecule has 0 aliphatic heterocycles. The monoisotopic (exact) mass is 385 g/mol. The van der Waals surface area contributed by atoms with E-state index in [1.165, 1.54) is 55.4 Å². The number of likely N-dealkylation sites (N-methyl/N-ethyl adjacent to an activating group) is 1.